The summed E-state index contributed by atoms with van der Waals surface area (Å²) in [6.07, 6.45) is 1.81. The maximum atomic E-state index is 6.32. The average Bonchev–Trinajstić information content (AvgIpc) is 2.37. The van der Waals surface area contributed by atoms with Crippen LogP contribution in [0.15, 0.2) is 42.6 Å². The fourth-order valence-corrected chi connectivity index (χ4v) is 2.14. The quantitative estimate of drug-likeness (QED) is 0.886. The summed E-state index contributed by atoms with van der Waals surface area (Å²) in [6, 6.07) is 12.5. The van der Waals surface area contributed by atoms with Crippen molar-refractivity contribution in [3.05, 3.63) is 65.0 Å². The number of nitrogens with zero attached hydrogens (tertiary/aromatic N) is 1. The van der Waals surface area contributed by atoms with Crippen molar-refractivity contribution >= 4 is 0 Å². The normalized spacial score (nSPS) is 13.3. The molecule has 0 saturated carbocycles. The molecule has 2 nitrogen and oxygen atoms in total. The highest BCUT2D eigenvalue weighted by Gasteiger charge is 2.14. The first-order chi connectivity index (χ1) is 8.88. The third kappa shape index (κ3) is 3.21. The molecule has 1 atom stereocenters. The molecule has 0 spiro atoms. The summed E-state index contributed by atoms with van der Waals surface area (Å²) in [5, 5.41) is 0. The highest BCUT2D eigenvalue weighted by atomic mass is 14.7. The fraction of sp³-hybridized carbons (Fsp3) is 0.353. The lowest BCUT2D eigenvalue weighted by atomic mass is 9.86. The molecule has 0 fully saturated rings. The van der Waals surface area contributed by atoms with E-state index in [4.69, 9.17) is 5.73 Å². The van der Waals surface area contributed by atoms with Gasteiger partial charge in [-0.2, -0.15) is 0 Å². The van der Waals surface area contributed by atoms with Gasteiger partial charge < -0.3 is 5.73 Å². The number of hydrogen-bond acceptors (Lipinski definition) is 2. The molecule has 0 aliphatic heterocycles. The molecule has 0 saturated heterocycles. The van der Waals surface area contributed by atoms with Crippen LogP contribution in [0, 0.1) is 6.92 Å². The minimum Gasteiger partial charge on any atom is -0.320 e. The van der Waals surface area contributed by atoms with E-state index in [1.54, 1.807) is 0 Å². The van der Waals surface area contributed by atoms with Crippen molar-refractivity contribution in [3.63, 3.8) is 0 Å². The molecular weight excluding hydrogens is 232 g/mol. The third-order valence-corrected chi connectivity index (χ3v) is 3.42. The van der Waals surface area contributed by atoms with Crippen molar-refractivity contribution in [2.45, 2.75) is 39.2 Å². The van der Waals surface area contributed by atoms with E-state index in [9.17, 15) is 0 Å². The molecule has 19 heavy (non-hydrogen) atoms. The van der Waals surface area contributed by atoms with Crippen LogP contribution in [-0.2, 0) is 5.41 Å². The van der Waals surface area contributed by atoms with E-state index in [-0.39, 0.29) is 11.5 Å². The molecule has 0 aliphatic carbocycles. The molecule has 0 aliphatic rings. The van der Waals surface area contributed by atoms with E-state index in [1.165, 1.54) is 5.56 Å². The first-order valence-electron chi connectivity index (χ1n) is 6.66. The number of pyridine rings is 1. The van der Waals surface area contributed by atoms with Crippen LogP contribution in [0.4, 0.5) is 0 Å². The summed E-state index contributed by atoms with van der Waals surface area (Å²) in [6.45, 7) is 8.63. The van der Waals surface area contributed by atoms with Gasteiger partial charge in [-0.25, -0.2) is 0 Å². The van der Waals surface area contributed by atoms with E-state index in [0.29, 0.717) is 0 Å². The van der Waals surface area contributed by atoms with Gasteiger partial charge in [0, 0.05) is 11.9 Å². The molecule has 1 heterocycles. The van der Waals surface area contributed by atoms with Crippen molar-refractivity contribution in [1.82, 2.24) is 4.98 Å². The predicted octanol–water partition coefficient (Wildman–Crippen LogP) is 3.74. The van der Waals surface area contributed by atoms with E-state index in [2.05, 4.69) is 50.0 Å². The maximum absolute atomic E-state index is 6.32. The molecular formula is C17H22N2. The molecule has 1 aromatic heterocycles. The second-order valence-electron chi connectivity index (χ2n) is 6.08. The number of aromatic nitrogens is 1. The van der Waals surface area contributed by atoms with Gasteiger partial charge in [0.15, 0.2) is 0 Å². The molecule has 2 heteroatoms. The molecule has 1 aromatic carbocycles. The second-order valence-corrected chi connectivity index (χ2v) is 6.08. The van der Waals surface area contributed by atoms with E-state index >= 15 is 0 Å². The van der Waals surface area contributed by atoms with Gasteiger partial charge in [0.25, 0.3) is 0 Å². The lowest BCUT2D eigenvalue weighted by molar-refractivity contribution is 0.589. The second kappa shape index (κ2) is 5.14. The lowest BCUT2D eigenvalue weighted by Crippen LogP contribution is -2.14. The average molecular weight is 254 g/mol. The summed E-state index contributed by atoms with van der Waals surface area (Å²) in [5.74, 6) is 0. The molecule has 2 aromatic rings. The smallest absolute Gasteiger partial charge is 0.0552 e. The monoisotopic (exact) mass is 254 g/mol. The Morgan fingerprint density at radius 3 is 2.16 bits per heavy atom. The van der Waals surface area contributed by atoms with Crippen LogP contribution < -0.4 is 5.73 Å². The Labute approximate surface area is 115 Å². The van der Waals surface area contributed by atoms with Gasteiger partial charge in [0.2, 0.25) is 0 Å². The largest absolute Gasteiger partial charge is 0.320 e. The Hall–Kier alpha value is -1.67. The molecule has 2 N–H and O–H groups in total. The zero-order chi connectivity index (χ0) is 14.0. The number of hydrogen-bond donors (Lipinski definition) is 1. The highest BCUT2D eigenvalue weighted by molar-refractivity contribution is 5.34. The predicted molar refractivity (Wildman–Crippen MR) is 80.1 cm³/mol. The van der Waals surface area contributed by atoms with Crippen LogP contribution in [0.2, 0.25) is 0 Å². The summed E-state index contributed by atoms with van der Waals surface area (Å²) in [7, 11) is 0. The Bertz CT molecular complexity index is 550. The minimum atomic E-state index is -0.0873. The Morgan fingerprint density at radius 2 is 1.63 bits per heavy atom. The molecule has 1 unspecified atom stereocenters. The summed E-state index contributed by atoms with van der Waals surface area (Å²) < 4.78 is 0. The minimum absolute atomic E-state index is 0.0873. The van der Waals surface area contributed by atoms with Gasteiger partial charge in [-0.1, -0.05) is 45.0 Å². The summed E-state index contributed by atoms with van der Waals surface area (Å²) >= 11 is 0. The van der Waals surface area contributed by atoms with Crippen molar-refractivity contribution in [3.8, 4) is 0 Å². The van der Waals surface area contributed by atoms with Crippen LogP contribution in [0.3, 0.4) is 0 Å². The van der Waals surface area contributed by atoms with Crippen molar-refractivity contribution in [1.29, 1.82) is 0 Å². The number of aryl methyl sites for hydroxylation is 1. The van der Waals surface area contributed by atoms with E-state index < -0.39 is 0 Å². The standard InChI is InChI=1S/C17H22N2/c1-12-11-14(9-10-19-12)16(18)13-5-7-15(8-6-13)17(2,3)4/h5-11,16H,18H2,1-4H3. The van der Waals surface area contributed by atoms with Crippen LogP contribution >= 0.6 is 0 Å². The highest BCUT2D eigenvalue weighted by Crippen LogP contribution is 2.25. The first-order valence-corrected chi connectivity index (χ1v) is 6.66. The number of nitrogens with two attached hydrogens (primary N) is 1. The molecule has 0 radical (unpaired) electrons. The Balaban J connectivity index is 2.27. The van der Waals surface area contributed by atoms with Crippen LogP contribution in [0.25, 0.3) is 0 Å². The van der Waals surface area contributed by atoms with Gasteiger partial charge in [0.05, 0.1) is 6.04 Å². The number of benzene rings is 1. The SMILES string of the molecule is Cc1cc(C(N)c2ccc(C(C)(C)C)cc2)ccn1. The lowest BCUT2D eigenvalue weighted by Gasteiger charge is -2.20. The van der Waals surface area contributed by atoms with Gasteiger partial charge in [0.1, 0.15) is 0 Å². The molecule has 0 amide bonds. The van der Waals surface area contributed by atoms with E-state index in [0.717, 1.165) is 16.8 Å². The first kappa shape index (κ1) is 13.8. The zero-order valence-corrected chi connectivity index (χ0v) is 12.1. The maximum Gasteiger partial charge on any atom is 0.0552 e. The molecule has 100 valence electrons. The van der Waals surface area contributed by atoms with Crippen molar-refractivity contribution in [2.75, 3.05) is 0 Å². The van der Waals surface area contributed by atoms with E-state index in [1.807, 2.05) is 25.3 Å². The van der Waals surface area contributed by atoms with Gasteiger partial charge in [-0.15, -0.1) is 0 Å². The van der Waals surface area contributed by atoms with Gasteiger partial charge in [-0.05, 0) is 41.2 Å². The fourth-order valence-electron chi connectivity index (χ4n) is 2.14. The van der Waals surface area contributed by atoms with Crippen molar-refractivity contribution < 1.29 is 0 Å². The topological polar surface area (TPSA) is 38.9 Å². The summed E-state index contributed by atoms with van der Waals surface area (Å²) in [4.78, 5) is 4.21. The van der Waals surface area contributed by atoms with Crippen LogP contribution in [-0.4, -0.2) is 4.98 Å². The van der Waals surface area contributed by atoms with Gasteiger partial charge in [-0.3, -0.25) is 4.98 Å². The van der Waals surface area contributed by atoms with Gasteiger partial charge >= 0.3 is 0 Å². The molecule has 0 bridgehead atoms. The number of rotatable bonds is 2. The third-order valence-electron chi connectivity index (χ3n) is 3.42. The summed E-state index contributed by atoms with van der Waals surface area (Å²) in [5.41, 5.74) is 11.1. The molecule has 2 rings (SSSR count). The van der Waals surface area contributed by atoms with Crippen molar-refractivity contribution in [2.24, 2.45) is 5.73 Å². The Kier molecular flexibility index (Phi) is 3.72. The zero-order valence-electron chi connectivity index (χ0n) is 12.1. The van der Waals surface area contributed by atoms with Crippen LogP contribution in [0.5, 0.6) is 0 Å². The van der Waals surface area contributed by atoms with Crippen LogP contribution in [0.1, 0.15) is 49.2 Å². The Morgan fingerprint density at radius 1 is 1.00 bits per heavy atom.